The molecule has 7 nitrogen and oxygen atoms in total. The van der Waals surface area contributed by atoms with Crippen molar-refractivity contribution in [2.75, 3.05) is 0 Å². The minimum atomic E-state index is -5.34. The van der Waals surface area contributed by atoms with E-state index in [9.17, 15) is 21.4 Å². The van der Waals surface area contributed by atoms with Crippen LogP contribution in [0.4, 0.5) is 0 Å². The molecule has 0 aromatic rings. The third-order valence-electron chi connectivity index (χ3n) is 2.91. The SMILES string of the molecule is CCCCCCCCC(CCC)OS(=O)(=O)OS(=O)(=O)[O-].[Na+]. The predicted molar refractivity (Wildman–Crippen MR) is 77.5 cm³/mol. The summed E-state index contributed by atoms with van der Waals surface area (Å²) >= 11 is 0. The first-order valence-corrected chi connectivity index (χ1v) is 9.97. The molecule has 0 radical (unpaired) electrons. The van der Waals surface area contributed by atoms with Gasteiger partial charge in [0.15, 0.2) is 0 Å². The molecule has 0 fully saturated rings. The maximum absolute atomic E-state index is 11.3. The van der Waals surface area contributed by atoms with Crippen molar-refractivity contribution < 1.29 is 58.8 Å². The zero-order chi connectivity index (χ0) is 16.4. The Morgan fingerprint density at radius 3 is 1.91 bits per heavy atom. The summed E-state index contributed by atoms with van der Waals surface area (Å²) in [6.07, 6.45) is 7.26. The molecule has 0 aromatic heterocycles. The zero-order valence-electron chi connectivity index (χ0n) is 13.6. The molecule has 1 atom stereocenters. The summed E-state index contributed by atoms with van der Waals surface area (Å²) in [6, 6.07) is 0. The Morgan fingerprint density at radius 2 is 1.41 bits per heavy atom. The van der Waals surface area contributed by atoms with Crippen LogP contribution in [0, 0.1) is 0 Å². The Morgan fingerprint density at radius 1 is 0.864 bits per heavy atom. The van der Waals surface area contributed by atoms with Crippen molar-refractivity contribution in [3.8, 4) is 0 Å². The molecule has 0 spiro atoms. The Kier molecular flexibility index (Phi) is 14.9. The quantitative estimate of drug-likeness (QED) is 0.189. The van der Waals surface area contributed by atoms with Crippen molar-refractivity contribution in [1.82, 2.24) is 0 Å². The summed E-state index contributed by atoms with van der Waals surface area (Å²) in [5, 5.41) is 0. The molecule has 0 rings (SSSR count). The van der Waals surface area contributed by atoms with Gasteiger partial charge in [-0.1, -0.05) is 58.8 Å². The van der Waals surface area contributed by atoms with Gasteiger partial charge < -0.3 is 4.55 Å². The van der Waals surface area contributed by atoms with Crippen molar-refractivity contribution in [3.63, 3.8) is 0 Å². The number of rotatable bonds is 13. The van der Waals surface area contributed by atoms with E-state index in [0.717, 1.165) is 32.1 Å². The molecule has 0 aliphatic rings. The van der Waals surface area contributed by atoms with Crippen LogP contribution >= 0.6 is 0 Å². The molecule has 0 aliphatic carbocycles. The van der Waals surface area contributed by atoms with Gasteiger partial charge in [0.25, 0.3) is 0 Å². The molecule has 0 amide bonds. The molecule has 0 saturated carbocycles. The molecule has 128 valence electrons. The van der Waals surface area contributed by atoms with E-state index in [1.54, 1.807) is 0 Å². The van der Waals surface area contributed by atoms with E-state index in [1.807, 2.05) is 6.92 Å². The van der Waals surface area contributed by atoms with Gasteiger partial charge in [-0.3, -0.25) is 0 Å². The van der Waals surface area contributed by atoms with Crippen molar-refractivity contribution >= 4 is 20.8 Å². The fourth-order valence-corrected chi connectivity index (χ4v) is 3.47. The molecule has 0 aliphatic heterocycles. The summed E-state index contributed by atoms with van der Waals surface area (Å²) in [5.74, 6) is 0. The number of unbranched alkanes of at least 4 members (excludes halogenated alkanes) is 5. The van der Waals surface area contributed by atoms with Crippen LogP contribution in [0.3, 0.4) is 0 Å². The molecule has 0 saturated heterocycles. The minimum Gasteiger partial charge on any atom is -0.725 e. The summed E-state index contributed by atoms with van der Waals surface area (Å²) in [7, 11) is -10.2. The van der Waals surface area contributed by atoms with E-state index in [-0.39, 0.29) is 29.6 Å². The molecule has 0 heterocycles. The molecular weight excluding hydrogens is 343 g/mol. The smallest absolute Gasteiger partial charge is 0.725 e. The Balaban J connectivity index is 0. The minimum absolute atomic E-state index is 0. The topological polar surface area (TPSA) is 110 Å². The van der Waals surface area contributed by atoms with Gasteiger partial charge in [0.1, 0.15) is 0 Å². The van der Waals surface area contributed by atoms with Crippen molar-refractivity contribution in [1.29, 1.82) is 0 Å². The molecule has 10 heteroatoms. The van der Waals surface area contributed by atoms with Gasteiger partial charge in [0.05, 0.1) is 6.10 Å². The van der Waals surface area contributed by atoms with Gasteiger partial charge in [-0.2, -0.15) is 8.42 Å². The Hall–Kier alpha value is 0.780. The van der Waals surface area contributed by atoms with E-state index < -0.39 is 26.9 Å². The van der Waals surface area contributed by atoms with Crippen LogP contribution in [0.5, 0.6) is 0 Å². The van der Waals surface area contributed by atoms with Gasteiger partial charge in [0, 0.05) is 0 Å². The second-order valence-electron chi connectivity index (χ2n) is 4.95. The van der Waals surface area contributed by atoms with Gasteiger partial charge >= 0.3 is 40.0 Å². The van der Waals surface area contributed by atoms with Crippen LogP contribution in [-0.4, -0.2) is 27.5 Å². The first-order valence-electron chi connectivity index (χ1n) is 7.30. The first kappa shape index (κ1) is 25.0. The number of hydrogen-bond donors (Lipinski definition) is 0. The van der Waals surface area contributed by atoms with E-state index in [2.05, 4.69) is 14.7 Å². The zero-order valence-corrected chi connectivity index (χ0v) is 17.2. The fourth-order valence-electron chi connectivity index (χ4n) is 2.00. The second kappa shape index (κ2) is 13.1. The maximum Gasteiger partial charge on any atom is 1.00 e. The van der Waals surface area contributed by atoms with Crippen molar-refractivity contribution in [3.05, 3.63) is 0 Å². The summed E-state index contributed by atoms with van der Waals surface area (Å²) in [5.41, 5.74) is 0. The summed E-state index contributed by atoms with van der Waals surface area (Å²) < 4.78 is 61.6. The average Bonchev–Trinajstić information content (AvgIpc) is 2.30. The van der Waals surface area contributed by atoms with Crippen LogP contribution in [0.2, 0.25) is 0 Å². The van der Waals surface area contributed by atoms with Crippen molar-refractivity contribution in [2.24, 2.45) is 0 Å². The third kappa shape index (κ3) is 15.7. The van der Waals surface area contributed by atoms with Gasteiger partial charge in [-0.15, -0.1) is 3.63 Å². The normalized spacial score (nSPS) is 13.6. The third-order valence-corrected chi connectivity index (χ3v) is 4.75. The largest absolute Gasteiger partial charge is 1.00 e. The molecule has 22 heavy (non-hydrogen) atoms. The Labute approximate surface area is 156 Å². The van der Waals surface area contributed by atoms with Gasteiger partial charge in [-0.05, 0) is 12.8 Å². The van der Waals surface area contributed by atoms with E-state index in [1.165, 1.54) is 6.42 Å². The fraction of sp³-hybridized carbons (Fsp3) is 1.00. The van der Waals surface area contributed by atoms with Crippen molar-refractivity contribution in [2.45, 2.75) is 77.7 Å². The van der Waals surface area contributed by atoms with Crippen LogP contribution in [0.1, 0.15) is 71.6 Å². The first-order chi connectivity index (χ1) is 9.70. The molecule has 0 aromatic carbocycles. The molecule has 0 bridgehead atoms. The van der Waals surface area contributed by atoms with Crippen LogP contribution < -0.4 is 29.6 Å². The maximum atomic E-state index is 11.3. The monoisotopic (exact) mass is 368 g/mol. The van der Waals surface area contributed by atoms with Crippen LogP contribution in [0.25, 0.3) is 0 Å². The molecular formula is C12H25NaO7S2. The van der Waals surface area contributed by atoms with Gasteiger partial charge in [0.2, 0.25) is 10.4 Å². The molecule has 0 N–H and O–H groups in total. The van der Waals surface area contributed by atoms with Crippen LogP contribution in [0.15, 0.2) is 0 Å². The van der Waals surface area contributed by atoms with Crippen LogP contribution in [-0.2, 0) is 28.6 Å². The van der Waals surface area contributed by atoms with E-state index >= 15 is 0 Å². The summed E-state index contributed by atoms with van der Waals surface area (Å²) in [6.45, 7) is 3.98. The van der Waals surface area contributed by atoms with Gasteiger partial charge in [-0.25, -0.2) is 12.6 Å². The predicted octanol–water partition coefficient (Wildman–Crippen LogP) is -0.352. The van der Waals surface area contributed by atoms with E-state index in [0.29, 0.717) is 19.3 Å². The summed E-state index contributed by atoms with van der Waals surface area (Å²) in [4.78, 5) is 0. The van der Waals surface area contributed by atoms with E-state index in [4.69, 9.17) is 0 Å². The Bertz CT molecular complexity index is 462. The standard InChI is InChI=1S/C12H26O7S2.Na/c1-3-5-6-7-8-9-11-12(10-4-2)18-21(16,17)19-20(13,14)15;/h12H,3-11H2,1-2H3,(H,13,14,15);/q;+1/p-1. The molecule has 1 unspecified atom stereocenters. The second-order valence-corrected chi connectivity index (χ2v) is 7.32. The average molecular weight is 368 g/mol. The number of hydrogen-bond acceptors (Lipinski definition) is 7.